The third-order valence-electron chi connectivity index (χ3n) is 3.10. The van der Waals surface area contributed by atoms with Gasteiger partial charge in [-0.2, -0.15) is 0 Å². The number of rotatable bonds is 1. The van der Waals surface area contributed by atoms with Crippen molar-refractivity contribution in [3.63, 3.8) is 0 Å². The number of pyridine rings is 1. The molecule has 0 unspecified atom stereocenters. The fourth-order valence-electron chi connectivity index (χ4n) is 2.38. The van der Waals surface area contributed by atoms with Crippen LogP contribution in [-0.2, 0) is 13.0 Å². The fourth-order valence-corrected chi connectivity index (χ4v) is 2.88. The highest BCUT2D eigenvalue weighted by atomic mass is 79.9. The maximum absolute atomic E-state index is 12.1. The molecule has 4 nitrogen and oxygen atoms in total. The first-order valence-corrected chi connectivity index (χ1v) is 6.02. The lowest BCUT2D eigenvalue weighted by Crippen LogP contribution is -2.23. The van der Waals surface area contributed by atoms with Gasteiger partial charge in [0, 0.05) is 22.6 Å². The van der Waals surface area contributed by atoms with Gasteiger partial charge in [0.2, 0.25) is 5.43 Å². The third-order valence-corrected chi connectivity index (χ3v) is 3.56. The Kier molecular flexibility index (Phi) is 2.13. The van der Waals surface area contributed by atoms with Gasteiger partial charge in [-0.05, 0) is 24.1 Å². The lowest BCUT2D eigenvalue weighted by atomic mass is 10.1. The van der Waals surface area contributed by atoms with Crippen molar-refractivity contribution in [2.45, 2.75) is 13.0 Å². The summed E-state index contributed by atoms with van der Waals surface area (Å²) in [4.78, 5) is 23.4. The predicted octanol–water partition coefficient (Wildman–Crippen LogP) is 1.42. The number of hydrogen-bond donors (Lipinski definition) is 1. The summed E-state index contributed by atoms with van der Waals surface area (Å²) < 4.78 is 2.78. The number of nitrogens with two attached hydrogens (primary N) is 1. The zero-order chi connectivity index (χ0) is 12.2. The average molecular weight is 293 g/mol. The van der Waals surface area contributed by atoms with Gasteiger partial charge in [-0.25, -0.2) is 0 Å². The summed E-state index contributed by atoms with van der Waals surface area (Å²) in [5, 5.41) is 0.558. The van der Waals surface area contributed by atoms with E-state index in [2.05, 4.69) is 15.9 Å². The first-order chi connectivity index (χ1) is 8.08. The maximum atomic E-state index is 12.1. The molecular weight excluding hydrogens is 284 g/mol. The van der Waals surface area contributed by atoms with Crippen LogP contribution in [0.1, 0.15) is 15.9 Å². The number of halogens is 1. The topological polar surface area (TPSA) is 65.1 Å². The Balaban J connectivity index is 2.54. The second-order valence-corrected chi connectivity index (χ2v) is 5.06. The number of aryl methyl sites for hydroxylation is 2. The molecule has 0 spiro atoms. The molecule has 0 saturated carbocycles. The number of amides is 1. The van der Waals surface area contributed by atoms with E-state index in [4.69, 9.17) is 5.73 Å². The molecule has 0 fully saturated rings. The van der Waals surface area contributed by atoms with E-state index < -0.39 is 5.91 Å². The number of primary amides is 1. The average Bonchev–Trinajstić information content (AvgIpc) is 2.66. The first kappa shape index (κ1) is 10.5. The number of benzene rings is 1. The Labute approximate surface area is 105 Å². The van der Waals surface area contributed by atoms with Gasteiger partial charge in [-0.3, -0.25) is 9.59 Å². The highest BCUT2D eigenvalue weighted by Crippen LogP contribution is 2.27. The summed E-state index contributed by atoms with van der Waals surface area (Å²) >= 11 is 3.38. The first-order valence-electron chi connectivity index (χ1n) is 5.23. The van der Waals surface area contributed by atoms with Crippen LogP contribution in [0.5, 0.6) is 0 Å². The zero-order valence-corrected chi connectivity index (χ0v) is 10.5. The molecule has 1 amide bonds. The summed E-state index contributed by atoms with van der Waals surface area (Å²) in [7, 11) is 0. The predicted molar refractivity (Wildman–Crippen MR) is 68.1 cm³/mol. The van der Waals surface area contributed by atoms with Gasteiger partial charge in [-0.1, -0.05) is 15.9 Å². The van der Waals surface area contributed by atoms with Crippen molar-refractivity contribution >= 4 is 32.7 Å². The van der Waals surface area contributed by atoms with Gasteiger partial charge in [0.25, 0.3) is 5.91 Å². The molecule has 0 aliphatic carbocycles. The van der Waals surface area contributed by atoms with E-state index >= 15 is 0 Å². The van der Waals surface area contributed by atoms with Crippen molar-refractivity contribution in [1.29, 1.82) is 0 Å². The summed E-state index contributed by atoms with van der Waals surface area (Å²) in [6, 6.07) is 3.75. The van der Waals surface area contributed by atoms with Gasteiger partial charge >= 0.3 is 0 Å². The summed E-state index contributed by atoms with van der Waals surface area (Å²) in [6.45, 7) is 0.781. The highest BCUT2D eigenvalue weighted by Gasteiger charge is 2.19. The lowest BCUT2D eigenvalue weighted by Gasteiger charge is -2.06. The van der Waals surface area contributed by atoms with Gasteiger partial charge in [-0.15, -0.1) is 0 Å². The molecule has 2 heterocycles. The smallest absolute Gasteiger partial charge is 0.254 e. The maximum Gasteiger partial charge on any atom is 0.254 e. The molecule has 0 radical (unpaired) electrons. The van der Waals surface area contributed by atoms with Crippen LogP contribution < -0.4 is 11.2 Å². The quantitative estimate of drug-likeness (QED) is 0.864. The Morgan fingerprint density at radius 3 is 2.88 bits per heavy atom. The van der Waals surface area contributed by atoms with Crippen molar-refractivity contribution in [3.05, 3.63) is 44.2 Å². The molecule has 2 N–H and O–H groups in total. The molecule has 1 aromatic heterocycles. The van der Waals surface area contributed by atoms with Crippen molar-refractivity contribution < 1.29 is 4.79 Å². The molecule has 2 aromatic rings. The summed E-state index contributed by atoms with van der Waals surface area (Å²) in [6.07, 6.45) is 2.44. The van der Waals surface area contributed by atoms with Crippen LogP contribution in [0.3, 0.4) is 0 Å². The van der Waals surface area contributed by atoms with Crippen LogP contribution in [0, 0.1) is 0 Å². The third kappa shape index (κ3) is 1.42. The van der Waals surface area contributed by atoms with Gasteiger partial charge in [0.15, 0.2) is 0 Å². The van der Waals surface area contributed by atoms with E-state index in [0.29, 0.717) is 5.39 Å². The van der Waals surface area contributed by atoms with Crippen molar-refractivity contribution in [3.8, 4) is 0 Å². The molecular formula is C12H9BrN2O2. The Bertz CT molecular complexity index is 718. The van der Waals surface area contributed by atoms with Crippen molar-refractivity contribution in [2.75, 3.05) is 0 Å². The van der Waals surface area contributed by atoms with Crippen LogP contribution in [0.4, 0.5) is 0 Å². The van der Waals surface area contributed by atoms with Gasteiger partial charge < -0.3 is 10.3 Å². The van der Waals surface area contributed by atoms with Gasteiger partial charge in [0.05, 0.1) is 5.52 Å². The van der Waals surface area contributed by atoms with E-state index in [9.17, 15) is 9.59 Å². The van der Waals surface area contributed by atoms with E-state index in [1.165, 1.54) is 0 Å². The molecule has 0 atom stereocenters. The minimum absolute atomic E-state index is 0.0588. The standard InChI is InChI=1S/C12H9BrN2O2/c13-7-3-6-1-2-15-5-9(12(14)17)11(16)8(4-7)10(6)15/h3-5H,1-2H2,(H2,14,17). The fraction of sp³-hybridized carbons (Fsp3) is 0.167. The Morgan fingerprint density at radius 2 is 2.18 bits per heavy atom. The van der Waals surface area contributed by atoms with Crippen LogP contribution in [0.25, 0.3) is 10.9 Å². The second-order valence-electron chi connectivity index (χ2n) is 4.14. The number of nitrogens with zero attached hydrogens (tertiary/aromatic N) is 1. The summed E-state index contributed by atoms with van der Waals surface area (Å²) in [5.41, 5.74) is 7.04. The van der Waals surface area contributed by atoms with E-state index in [1.807, 2.05) is 10.6 Å². The molecule has 3 rings (SSSR count). The van der Waals surface area contributed by atoms with Crippen LogP contribution in [0.15, 0.2) is 27.6 Å². The van der Waals surface area contributed by atoms with Crippen LogP contribution in [-0.4, -0.2) is 10.5 Å². The van der Waals surface area contributed by atoms with Gasteiger partial charge in [0.1, 0.15) is 5.56 Å². The minimum atomic E-state index is -0.672. The molecule has 1 aliphatic rings. The van der Waals surface area contributed by atoms with Crippen molar-refractivity contribution in [2.24, 2.45) is 5.73 Å². The molecule has 86 valence electrons. The molecule has 0 saturated heterocycles. The van der Waals surface area contributed by atoms with E-state index in [1.54, 1.807) is 12.3 Å². The molecule has 1 aliphatic heterocycles. The second kappa shape index (κ2) is 3.43. The number of aromatic nitrogens is 1. The largest absolute Gasteiger partial charge is 0.365 e. The Morgan fingerprint density at radius 1 is 1.41 bits per heavy atom. The lowest BCUT2D eigenvalue weighted by molar-refractivity contribution is 0.0999. The summed E-state index contributed by atoms with van der Waals surface area (Å²) in [5.74, 6) is -0.672. The molecule has 5 heteroatoms. The zero-order valence-electron chi connectivity index (χ0n) is 8.87. The van der Waals surface area contributed by atoms with E-state index in [-0.39, 0.29) is 11.0 Å². The number of carbonyl (C=O) groups excluding carboxylic acids is 1. The van der Waals surface area contributed by atoms with Crippen LogP contribution in [0.2, 0.25) is 0 Å². The highest BCUT2D eigenvalue weighted by molar-refractivity contribution is 9.10. The SMILES string of the molecule is NC(=O)c1cn2c3c(cc(Br)cc3c1=O)CC2. The minimum Gasteiger partial charge on any atom is -0.365 e. The number of hydrogen-bond acceptors (Lipinski definition) is 2. The molecule has 0 bridgehead atoms. The normalized spacial score (nSPS) is 13.2. The van der Waals surface area contributed by atoms with E-state index in [0.717, 1.165) is 28.5 Å². The van der Waals surface area contributed by atoms with Crippen molar-refractivity contribution in [1.82, 2.24) is 4.57 Å². The Hall–Kier alpha value is -1.62. The number of carbonyl (C=O) groups is 1. The molecule has 1 aromatic carbocycles. The molecule has 17 heavy (non-hydrogen) atoms. The van der Waals surface area contributed by atoms with Crippen LogP contribution >= 0.6 is 15.9 Å². The monoisotopic (exact) mass is 292 g/mol.